The molecular formula is C12H13FN4O4. The predicted octanol–water partition coefficient (Wildman–Crippen LogP) is 0.197. The van der Waals surface area contributed by atoms with Crippen LogP contribution in [0.1, 0.15) is 10.4 Å². The Bertz CT molecular complexity index is 586. The van der Waals surface area contributed by atoms with Gasteiger partial charge >= 0.3 is 5.97 Å². The zero-order valence-corrected chi connectivity index (χ0v) is 11.1. The highest BCUT2D eigenvalue weighted by molar-refractivity contribution is 5.89. The van der Waals surface area contributed by atoms with Crippen LogP contribution in [0.5, 0.6) is 5.75 Å². The van der Waals surface area contributed by atoms with E-state index in [1.807, 2.05) is 0 Å². The number of aromatic nitrogens is 4. The van der Waals surface area contributed by atoms with E-state index in [9.17, 15) is 14.3 Å². The molecule has 0 aliphatic carbocycles. The number of hydrogen-bond donors (Lipinski definition) is 1. The van der Waals surface area contributed by atoms with Gasteiger partial charge in [0.15, 0.2) is 6.33 Å². The SMILES string of the molecule is COC(=O)c1ccc(OC[C@@](O)(F)Cn2ncnn2)cc1. The summed E-state index contributed by atoms with van der Waals surface area (Å²) < 4.78 is 23.5. The fourth-order valence-electron chi connectivity index (χ4n) is 1.52. The van der Waals surface area contributed by atoms with Crippen LogP contribution >= 0.6 is 0 Å². The minimum atomic E-state index is -2.65. The van der Waals surface area contributed by atoms with E-state index in [2.05, 4.69) is 20.1 Å². The van der Waals surface area contributed by atoms with Gasteiger partial charge in [-0.15, -0.1) is 10.2 Å². The third-order valence-electron chi connectivity index (χ3n) is 2.51. The first-order valence-electron chi connectivity index (χ1n) is 5.93. The molecule has 1 aromatic heterocycles. The standard InChI is InChI=1S/C12H13FN4O4/c1-20-11(18)9-2-4-10(5-3-9)21-7-12(13,19)6-17-15-8-14-16-17/h2-5,8,19H,6-7H2,1H3/t12-/m1/s1. The second-order valence-electron chi connectivity index (χ2n) is 4.19. The van der Waals surface area contributed by atoms with Gasteiger partial charge in [-0.05, 0) is 29.5 Å². The number of nitrogens with zero attached hydrogens (tertiary/aromatic N) is 4. The molecular weight excluding hydrogens is 283 g/mol. The van der Waals surface area contributed by atoms with Gasteiger partial charge in [0.25, 0.3) is 5.85 Å². The first-order valence-corrected chi connectivity index (χ1v) is 5.93. The molecule has 8 nitrogen and oxygen atoms in total. The van der Waals surface area contributed by atoms with Gasteiger partial charge in [0.05, 0.1) is 12.7 Å². The van der Waals surface area contributed by atoms with Crippen LogP contribution in [0.2, 0.25) is 0 Å². The van der Waals surface area contributed by atoms with Crippen LogP contribution in [-0.2, 0) is 11.3 Å². The Morgan fingerprint density at radius 3 is 2.71 bits per heavy atom. The molecule has 0 aliphatic rings. The third kappa shape index (κ3) is 4.21. The average Bonchev–Trinajstić information content (AvgIpc) is 2.97. The molecule has 0 radical (unpaired) electrons. The summed E-state index contributed by atoms with van der Waals surface area (Å²) in [4.78, 5) is 12.1. The van der Waals surface area contributed by atoms with Crippen molar-refractivity contribution < 1.29 is 23.8 Å². The van der Waals surface area contributed by atoms with Gasteiger partial charge in [0.2, 0.25) is 0 Å². The number of rotatable bonds is 6. The van der Waals surface area contributed by atoms with E-state index >= 15 is 0 Å². The summed E-state index contributed by atoms with van der Waals surface area (Å²) in [7, 11) is 1.27. The number of ether oxygens (including phenoxy) is 2. The Morgan fingerprint density at radius 2 is 2.14 bits per heavy atom. The maximum absolute atomic E-state index is 13.8. The number of tetrazole rings is 1. The van der Waals surface area contributed by atoms with Crippen molar-refractivity contribution in [1.82, 2.24) is 20.2 Å². The lowest BCUT2D eigenvalue weighted by Gasteiger charge is -2.18. The summed E-state index contributed by atoms with van der Waals surface area (Å²) in [6, 6.07) is 5.88. The Balaban J connectivity index is 1.91. The summed E-state index contributed by atoms with van der Waals surface area (Å²) >= 11 is 0. The van der Waals surface area contributed by atoms with E-state index in [0.717, 1.165) is 11.1 Å². The molecule has 112 valence electrons. The van der Waals surface area contributed by atoms with Gasteiger partial charge in [0.1, 0.15) is 18.9 Å². The van der Waals surface area contributed by atoms with Gasteiger partial charge in [-0.3, -0.25) is 0 Å². The molecule has 0 spiro atoms. The van der Waals surface area contributed by atoms with E-state index in [0.29, 0.717) is 11.3 Å². The van der Waals surface area contributed by atoms with E-state index in [1.165, 1.54) is 31.4 Å². The third-order valence-corrected chi connectivity index (χ3v) is 2.51. The van der Waals surface area contributed by atoms with E-state index in [1.54, 1.807) is 0 Å². The molecule has 1 atom stereocenters. The largest absolute Gasteiger partial charge is 0.488 e. The molecule has 0 saturated heterocycles. The summed E-state index contributed by atoms with van der Waals surface area (Å²) in [6.45, 7) is -1.13. The predicted molar refractivity (Wildman–Crippen MR) is 67.2 cm³/mol. The smallest absolute Gasteiger partial charge is 0.337 e. The van der Waals surface area contributed by atoms with Crippen molar-refractivity contribution in [3.63, 3.8) is 0 Å². The van der Waals surface area contributed by atoms with Crippen LogP contribution in [-0.4, -0.2) is 50.9 Å². The Morgan fingerprint density at radius 1 is 1.43 bits per heavy atom. The fourth-order valence-corrected chi connectivity index (χ4v) is 1.52. The van der Waals surface area contributed by atoms with Crippen molar-refractivity contribution in [2.75, 3.05) is 13.7 Å². The van der Waals surface area contributed by atoms with Crippen LogP contribution in [0.15, 0.2) is 30.6 Å². The van der Waals surface area contributed by atoms with Crippen molar-refractivity contribution in [3.8, 4) is 5.75 Å². The molecule has 0 amide bonds. The molecule has 1 heterocycles. The molecule has 0 fully saturated rings. The number of carbonyl (C=O) groups excluding carboxylic acids is 1. The Labute approximate surface area is 119 Å². The lowest BCUT2D eigenvalue weighted by atomic mass is 10.2. The minimum Gasteiger partial charge on any atom is -0.488 e. The second kappa shape index (κ2) is 6.27. The molecule has 0 aliphatic heterocycles. The van der Waals surface area contributed by atoms with E-state index in [-0.39, 0.29) is 0 Å². The maximum atomic E-state index is 13.8. The van der Waals surface area contributed by atoms with Gasteiger partial charge in [-0.2, -0.15) is 4.80 Å². The number of esters is 1. The minimum absolute atomic E-state index is 0.297. The number of hydrogen-bond acceptors (Lipinski definition) is 7. The summed E-state index contributed by atoms with van der Waals surface area (Å²) in [6.07, 6.45) is 1.13. The van der Waals surface area contributed by atoms with Crippen LogP contribution in [0.4, 0.5) is 4.39 Å². The molecule has 0 bridgehead atoms. The van der Waals surface area contributed by atoms with Gasteiger partial charge in [-0.1, -0.05) is 0 Å². The van der Waals surface area contributed by atoms with Crippen molar-refractivity contribution in [3.05, 3.63) is 36.2 Å². The zero-order valence-electron chi connectivity index (χ0n) is 11.1. The number of benzene rings is 1. The fraction of sp³-hybridized carbons (Fsp3) is 0.333. The van der Waals surface area contributed by atoms with Crippen molar-refractivity contribution in [2.24, 2.45) is 0 Å². The molecule has 9 heteroatoms. The van der Waals surface area contributed by atoms with E-state index in [4.69, 9.17) is 4.74 Å². The van der Waals surface area contributed by atoms with Crippen molar-refractivity contribution >= 4 is 5.97 Å². The highest BCUT2D eigenvalue weighted by Crippen LogP contribution is 2.16. The molecule has 21 heavy (non-hydrogen) atoms. The summed E-state index contributed by atoms with van der Waals surface area (Å²) in [5.41, 5.74) is 0.340. The van der Waals surface area contributed by atoms with Crippen LogP contribution in [0, 0.1) is 0 Å². The van der Waals surface area contributed by atoms with Crippen molar-refractivity contribution in [1.29, 1.82) is 0 Å². The first-order chi connectivity index (χ1) is 10.00. The highest BCUT2D eigenvalue weighted by atomic mass is 19.2. The number of carbonyl (C=O) groups is 1. The lowest BCUT2D eigenvalue weighted by molar-refractivity contribution is -0.131. The quantitative estimate of drug-likeness (QED) is 0.760. The molecule has 0 saturated carbocycles. The first kappa shape index (κ1) is 14.9. The average molecular weight is 296 g/mol. The Hall–Kier alpha value is -2.55. The highest BCUT2D eigenvalue weighted by Gasteiger charge is 2.29. The maximum Gasteiger partial charge on any atom is 0.337 e. The summed E-state index contributed by atoms with van der Waals surface area (Å²) in [5.74, 6) is -2.84. The zero-order chi connectivity index (χ0) is 15.3. The molecule has 0 unspecified atom stereocenters. The molecule has 1 N–H and O–H groups in total. The Kier molecular flexibility index (Phi) is 4.43. The number of methoxy groups -OCH3 is 1. The van der Waals surface area contributed by atoms with E-state index < -0.39 is 25.0 Å². The molecule has 2 rings (SSSR count). The lowest BCUT2D eigenvalue weighted by Crippen LogP contribution is -2.36. The molecule has 1 aromatic carbocycles. The normalized spacial score (nSPS) is 13.5. The number of halogens is 1. The van der Waals surface area contributed by atoms with Crippen LogP contribution in [0.3, 0.4) is 0 Å². The van der Waals surface area contributed by atoms with Gasteiger partial charge < -0.3 is 14.6 Å². The number of aliphatic hydroxyl groups is 1. The summed E-state index contributed by atoms with van der Waals surface area (Å²) in [5, 5.41) is 20.0. The topological polar surface area (TPSA) is 99.4 Å². The number of alkyl halides is 1. The molecule has 2 aromatic rings. The van der Waals surface area contributed by atoms with Crippen LogP contribution in [0.25, 0.3) is 0 Å². The van der Waals surface area contributed by atoms with Gasteiger partial charge in [0, 0.05) is 0 Å². The van der Waals surface area contributed by atoms with Crippen molar-refractivity contribution in [2.45, 2.75) is 12.4 Å². The monoisotopic (exact) mass is 296 g/mol. The van der Waals surface area contributed by atoms with Crippen LogP contribution < -0.4 is 4.74 Å². The van der Waals surface area contributed by atoms with Gasteiger partial charge in [-0.25, -0.2) is 9.18 Å². The second-order valence-corrected chi connectivity index (χ2v) is 4.19.